The van der Waals surface area contributed by atoms with Crippen LogP contribution in [0.2, 0.25) is 0 Å². The molecule has 0 bridgehead atoms. The van der Waals surface area contributed by atoms with Crippen molar-refractivity contribution in [3.05, 3.63) is 95.4 Å². The molecule has 0 unspecified atom stereocenters. The van der Waals surface area contributed by atoms with E-state index in [1.165, 1.54) is 11.8 Å². The molecule has 1 fully saturated rings. The Balaban J connectivity index is 1.73. The van der Waals surface area contributed by atoms with E-state index in [0.717, 1.165) is 22.7 Å². The molecule has 3 aromatic rings. The first kappa shape index (κ1) is 18.1. The van der Waals surface area contributed by atoms with Gasteiger partial charge >= 0.3 is 0 Å². The second-order valence-corrected chi connectivity index (χ2v) is 7.10. The number of amidine groups is 1. The summed E-state index contributed by atoms with van der Waals surface area (Å²) in [6.07, 6.45) is 1.88. The largest absolute Gasteiger partial charge is 0.497 e. The Labute approximate surface area is 168 Å². The predicted molar refractivity (Wildman–Crippen MR) is 116 cm³/mol. The Morgan fingerprint density at radius 2 is 1.54 bits per heavy atom. The van der Waals surface area contributed by atoms with Gasteiger partial charge in [-0.3, -0.25) is 9.69 Å². The number of ether oxygens (including phenoxy) is 1. The van der Waals surface area contributed by atoms with Crippen LogP contribution in [0.4, 0.5) is 11.4 Å². The third kappa shape index (κ3) is 3.85. The highest BCUT2D eigenvalue weighted by Gasteiger charge is 2.34. The summed E-state index contributed by atoms with van der Waals surface area (Å²) < 4.78 is 5.20. The average molecular weight is 386 g/mol. The number of benzene rings is 3. The summed E-state index contributed by atoms with van der Waals surface area (Å²) in [5.74, 6) is 0.700. The van der Waals surface area contributed by atoms with Crippen molar-refractivity contribution >= 4 is 40.3 Å². The number of amides is 1. The third-order valence-corrected chi connectivity index (χ3v) is 5.18. The van der Waals surface area contributed by atoms with Crippen LogP contribution in [0.3, 0.4) is 0 Å². The lowest BCUT2D eigenvalue weighted by molar-refractivity contribution is -0.113. The number of hydrogen-bond donors (Lipinski definition) is 0. The maximum atomic E-state index is 13.2. The van der Waals surface area contributed by atoms with Crippen LogP contribution in [-0.2, 0) is 4.79 Å². The first-order chi connectivity index (χ1) is 13.7. The maximum absolute atomic E-state index is 13.2. The van der Waals surface area contributed by atoms with E-state index >= 15 is 0 Å². The van der Waals surface area contributed by atoms with E-state index in [1.54, 1.807) is 12.0 Å². The Morgan fingerprint density at radius 3 is 2.18 bits per heavy atom. The van der Waals surface area contributed by atoms with Crippen LogP contribution >= 0.6 is 11.8 Å². The van der Waals surface area contributed by atoms with Gasteiger partial charge < -0.3 is 4.74 Å². The lowest BCUT2D eigenvalue weighted by Crippen LogP contribution is -2.28. The van der Waals surface area contributed by atoms with Gasteiger partial charge in [0.25, 0.3) is 5.91 Å². The molecule has 0 saturated carbocycles. The number of aliphatic imine (C=N–C) groups is 1. The summed E-state index contributed by atoms with van der Waals surface area (Å²) >= 11 is 1.38. The minimum Gasteiger partial charge on any atom is -0.497 e. The van der Waals surface area contributed by atoms with Crippen LogP contribution < -0.4 is 9.64 Å². The fourth-order valence-electron chi connectivity index (χ4n) is 2.82. The van der Waals surface area contributed by atoms with Crippen molar-refractivity contribution < 1.29 is 9.53 Å². The Bertz CT molecular complexity index is 1030. The van der Waals surface area contributed by atoms with E-state index in [9.17, 15) is 4.79 Å². The topological polar surface area (TPSA) is 41.9 Å². The number of para-hydroxylation sites is 2. The lowest BCUT2D eigenvalue weighted by Gasteiger charge is -2.15. The fraction of sp³-hybridized carbons (Fsp3) is 0.0435. The van der Waals surface area contributed by atoms with E-state index in [2.05, 4.69) is 0 Å². The highest BCUT2D eigenvalue weighted by Crippen LogP contribution is 2.37. The number of methoxy groups -OCH3 is 1. The number of hydrogen-bond acceptors (Lipinski definition) is 4. The van der Waals surface area contributed by atoms with Gasteiger partial charge in [0, 0.05) is 0 Å². The summed E-state index contributed by atoms with van der Waals surface area (Å²) in [6, 6.07) is 26.9. The van der Waals surface area contributed by atoms with Gasteiger partial charge in [-0.1, -0.05) is 48.5 Å². The van der Waals surface area contributed by atoms with Gasteiger partial charge in [0.15, 0.2) is 5.17 Å². The molecular formula is C23H18N2O2S. The number of thioether (sulfide) groups is 1. The van der Waals surface area contributed by atoms with Crippen LogP contribution in [0.15, 0.2) is 94.8 Å². The van der Waals surface area contributed by atoms with E-state index in [1.807, 2.05) is 91.0 Å². The highest BCUT2D eigenvalue weighted by atomic mass is 32.2. The predicted octanol–water partition coefficient (Wildman–Crippen LogP) is 5.50. The molecule has 3 aromatic carbocycles. The van der Waals surface area contributed by atoms with Gasteiger partial charge in [0.2, 0.25) is 0 Å². The summed E-state index contributed by atoms with van der Waals surface area (Å²) in [5, 5.41) is 0.641. The molecule has 0 atom stereocenters. The Hall–Kier alpha value is -3.31. The lowest BCUT2D eigenvalue weighted by atomic mass is 10.2. The van der Waals surface area contributed by atoms with Crippen molar-refractivity contribution in [1.82, 2.24) is 0 Å². The van der Waals surface area contributed by atoms with Crippen molar-refractivity contribution in [2.75, 3.05) is 12.0 Å². The average Bonchev–Trinajstić information content (AvgIpc) is 3.04. The van der Waals surface area contributed by atoms with Gasteiger partial charge in [-0.2, -0.15) is 0 Å². The number of carbonyl (C=O) groups is 1. The molecule has 1 aliphatic rings. The molecule has 4 nitrogen and oxygen atoms in total. The van der Waals surface area contributed by atoms with Crippen LogP contribution in [0.1, 0.15) is 5.56 Å². The molecule has 0 N–H and O–H groups in total. The molecule has 5 heteroatoms. The number of rotatable bonds is 4. The Morgan fingerprint density at radius 1 is 0.893 bits per heavy atom. The van der Waals surface area contributed by atoms with E-state index in [4.69, 9.17) is 9.73 Å². The fourth-order valence-corrected chi connectivity index (χ4v) is 3.82. The van der Waals surface area contributed by atoms with Crippen molar-refractivity contribution in [3.63, 3.8) is 0 Å². The standard InChI is InChI=1S/C23H18N2O2S/c1-27-20-14-12-17(13-15-20)16-21-22(26)25(19-10-6-3-7-11-19)23(28-21)24-18-8-4-2-5-9-18/h2-16H,1H3/b21-16-,24-23-. The quantitative estimate of drug-likeness (QED) is 0.556. The van der Waals surface area contributed by atoms with Crippen LogP contribution in [-0.4, -0.2) is 18.2 Å². The first-order valence-corrected chi connectivity index (χ1v) is 9.63. The van der Waals surface area contributed by atoms with Gasteiger partial charge in [0.05, 0.1) is 23.4 Å². The zero-order chi connectivity index (χ0) is 19.3. The Kier molecular flexibility index (Phi) is 5.26. The number of nitrogens with zero attached hydrogens (tertiary/aromatic N) is 2. The van der Waals surface area contributed by atoms with Gasteiger partial charge in [-0.25, -0.2) is 4.99 Å². The van der Waals surface area contributed by atoms with E-state index in [-0.39, 0.29) is 5.91 Å². The van der Waals surface area contributed by atoms with Gasteiger partial charge in [-0.15, -0.1) is 0 Å². The zero-order valence-electron chi connectivity index (χ0n) is 15.3. The molecule has 0 spiro atoms. The second-order valence-electron chi connectivity index (χ2n) is 6.09. The van der Waals surface area contributed by atoms with E-state index < -0.39 is 0 Å². The van der Waals surface area contributed by atoms with Crippen LogP contribution in [0, 0.1) is 0 Å². The van der Waals surface area contributed by atoms with Gasteiger partial charge in [-0.05, 0) is 59.8 Å². The van der Waals surface area contributed by atoms with Crippen molar-refractivity contribution in [2.24, 2.45) is 4.99 Å². The number of carbonyl (C=O) groups excluding carboxylic acids is 1. The van der Waals surface area contributed by atoms with Crippen LogP contribution in [0.25, 0.3) is 6.08 Å². The molecule has 1 amide bonds. The molecule has 0 aliphatic carbocycles. The smallest absolute Gasteiger partial charge is 0.271 e. The summed E-state index contributed by atoms with van der Waals surface area (Å²) in [6.45, 7) is 0. The number of anilines is 1. The molecule has 4 rings (SSSR count). The molecule has 1 heterocycles. The molecule has 28 heavy (non-hydrogen) atoms. The molecule has 0 aromatic heterocycles. The van der Waals surface area contributed by atoms with Crippen molar-refractivity contribution in [2.45, 2.75) is 0 Å². The normalized spacial score (nSPS) is 16.8. The highest BCUT2D eigenvalue weighted by molar-refractivity contribution is 8.19. The minimum absolute atomic E-state index is 0.0818. The molecule has 138 valence electrons. The summed E-state index contributed by atoms with van der Waals surface area (Å²) in [4.78, 5) is 20.2. The van der Waals surface area contributed by atoms with E-state index in [0.29, 0.717) is 10.1 Å². The first-order valence-electron chi connectivity index (χ1n) is 8.81. The third-order valence-electron chi connectivity index (χ3n) is 4.22. The van der Waals surface area contributed by atoms with Crippen molar-refractivity contribution in [3.8, 4) is 5.75 Å². The molecule has 0 radical (unpaired) electrons. The molecule has 1 aliphatic heterocycles. The maximum Gasteiger partial charge on any atom is 0.271 e. The SMILES string of the molecule is COc1ccc(/C=C2\S/C(=N\c3ccccc3)N(c3ccccc3)C2=O)cc1. The van der Waals surface area contributed by atoms with Crippen molar-refractivity contribution in [1.29, 1.82) is 0 Å². The van der Waals surface area contributed by atoms with Crippen LogP contribution in [0.5, 0.6) is 5.75 Å². The molecular weight excluding hydrogens is 368 g/mol. The summed E-state index contributed by atoms with van der Waals surface area (Å²) in [7, 11) is 1.63. The minimum atomic E-state index is -0.0818. The zero-order valence-corrected chi connectivity index (χ0v) is 16.1. The monoisotopic (exact) mass is 386 g/mol. The van der Waals surface area contributed by atoms with Gasteiger partial charge in [0.1, 0.15) is 5.75 Å². The molecule has 1 saturated heterocycles. The second kappa shape index (κ2) is 8.15. The summed E-state index contributed by atoms with van der Waals surface area (Å²) in [5.41, 5.74) is 2.54.